The molecule has 1 saturated heterocycles. The first kappa shape index (κ1) is 21.5. The van der Waals surface area contributed by atoms with Crippen molar-refractivity contribution in [1.82, 2.24) is 9.80 Å². The molecule has 0 saturated carbocycles. The molecule has 29 heavy (non-hydrogen) atoms. The monoisotopic (exact) mass is 398 g/mol. The van der Waals surface area contributed by atoms with Crippen LogP contribution in [0.1, 0.15) is 49.3 Å². The van der Waals surface area contributed by atoms with Crippen molar-refractivity contribution in [1.29, 1.82) is 0 Å². The molecule has 0 bridgehead atoms. The fourth-order valence-electron chi connectivity index (χ4n) is 3.99. The number of likely N-dealkylation sites (tertiary alicyclic amines) is 1. The summed E-state index contributed by atoms with van der Waals surface area (Å²) in [5.74, 6) is -0.000365. The van der Waals surface area contributed by atoms with Crippen molar-refractivity contribution in [3.05, 3.63) is 71.0 Å². The molecule has 3 rings (SSSR count). The molecule has 0 radical (unpaired) electrons. The standard InChI is InChI=1S/C24H31FN2O2/c1-18(2)21-9-5-20(6-10-21)16-27-14-4-13-24(29,23(27)28)17-26(3)15-19-7-11-22(25)12-8-19/h5-12,18,29H,4,13-17H2,1-3H3/t24-/m0/s1. The van der Waals surface area contributed by atoms with Gasteiger partial charge in [0.1, 0.15) is 5.82 Å². The van der Waals surface area contributed by atoms with Crippen LogP contribution in [-0.4, -0.2) is 46.6 Å². The van der Waals surface area contributed by atoms with Crippen LogP contribution in [0.4, 0.5) is 4.39 Å². The van der Waals surface area contributed by atoms with Gasteiger partial charge in [-0.3, -0.25) is 9.69 Å². The van der Waals surface area contributed by atoms with Crippen molar-refractivity contribution in [3.8, 4) is 0 Å². The Morgan fingerprint density at radius 3 is 2.34 bits per heavy atom. The summed E-state index contributed by atoms with van der Waals surface area (Å²) < 4.78 is 13.1. The quantitative estimate of drug-likeness (QED) is 0.768. The lowest BCUT2D eigenvalue weighted by atomic mass is 9.90. The Balaban J connectivity index is 1.63. The first-order valence-corrected chi connectivity index (χ1v) is 10.3. The third-order valence-electron chi connectivity index (χ3n) is 5.62. The Labute approximate surface area is 173 Å². The first-order chi connectivity index (χ1) is 13.8. The summed E-state index contributed by atoms with van der Waals surface area (Å²) in [6, 6.07) is 14.7. The number of likely N-dealkylation sites (N-methyl/N-ethyl adjacent to an activating group) is 1. The first-order valence-electron chi connectivity index (χ1n) is 10.3. The largest absolute Gasteiger partial charge is 0.379 e. The molecule has 2 aromatic rings. The predicted molar refractivity (Wildman–Crippen MR) is 113 cm³/mol. The summed E-state index contributed by atoms with van der Waals surface area (Å²) in [4.78, 5) is 16.7. The minimum atomic E-state index is -1.38. The normalized spacial score (nSPS) is 20.0. The Bertz CT molecular complexity index is 820. The molecule has 156 valence electrons. The Kier molecular flexibility index (Phi) is 6.70. The van der Waals surface area contributed by atoms with E-state index in [9.17, 15) is 14.3 Å². The summed E-state index contributed by atoms with van der Waals surface area (Å²) in [5, 5.41) is 11.1. The lowest BCUT2D eigenvalue weighted by Gasteiger charge is -2.40. The number of nitrogens with zero attached hydrogens (tertiary/aromatic N) is 2. The summed E-state index contributed by atoms with van der Waals surface area (Å²) in [7, 11) is 1.87. The van der Waals surface area contributed by atoms with Crippen molar-refractivity contribution < 1.29 is 14.3 Å². The minimum absolute atomic E-state index is 0.206. The maximum Gasteiger partial charge on any atom is 0.256 e. The average Bonchev–Trinajstić information content (AvgIpc) is 2.68. The van der Waals surface area contributed by atoms with Crippen molar-refractivity contribution in [2.75, 3.05) is 20.1 Å². The van der Waals surface area contributed by atoms with Crippen LogP contribution in [0.15, 0.2) is 48.5 Å². The topological polar surface area (TPSA) is 43.8 Å². The highest BCUT2D eigenvalue weighted by Crippen LogP contribution is 2.26. The lowest BCUT2D eigenvalue weighted by molar-refractivity contribution is -0.160. The van der Waals surface area contributed by atoms with Crippen molar-refractivity contribution in [2.45, 2.75) is 51.3 Å². The van der Waals surface area contributed by atoms with Crippen LogP contribution >= 0.6 is 0 Å². The Hall–Kier alpha value is -2.24. The molecular formula is C24H31FN2O2. The number of piperidine rings is 1. The van der Waals surface area contributed by atoms with E-state index >= 15 is 0 Å². The molecular weight excluding hydrogens is 367 g/mol. The van der Waals surface area contributed by atoms with Gasteiger partial charge in [-0.05, 0) is 54.6 Å². The van der Waals surface area contributed by atoms with Crippen LogP contribution in [0.25, 0.3) is 0 Å². The molecule has 5 heteroatoms. The van der Waals surface area contributed by atoms with E-state index in [-0.39, 0.29) is 18.3 Å². The van der Waals surface area contributed by atoms with Gasteiger partial charge in [-0.25, -0.2) is 4.39 Å². The molecule has 1 heterocycles. The fraction of sp³-hybridized carbons (Fsp3) is 0.458. The molecule has 1 amide bonds. The van der Waals surface area contributed by atoms with Gasteiger partial charge in [-0.2, -0.15) is 0 Å². The van der Waals surface area contributed by atoms with Crippen LogP contribution in [0.3, 0.4) is 0 Å². The second kappa shape index (κ2) is 9.06. The van der Waals surface area contributed by atoms with Crippen LogP contribution in [0.5, 0.6) is 0 Å². The van der Waals surface area contributed by atoms with Gasteiger partial charge in [0, 0.05) is 26.2 Å². The molecule has 2 aromatic carbocycles. The highest BCUT2D eigenvalue weighted by molar-refractivity contribution is 5.86. The van der Waals surface area contributed by atoms with Crippen molar-refractivity contribution in [2.24, 2.45) is 0 Å². The maximum atomic E-state index is 13.1. The van der Waals surface area contributed by atoms with E-state index in [1.807, 2.05) is 11.9 Å². The summed E-state index contributed by atoms with van der Waals surface area (Å²) in [6.07, 6.45) is 1.24. The van der Waals surface area contributed by atoms with E-state index in [1.54, 1.807) is 17.0 Å². The van der Waals surface area contributed by atoms with Crippen molar-refractivity contribution >= 4 is 5.91 Å². The minimum Gasteiger partial charge on any atom is -0.379 e. The van der Waals surface area contributed by atoms with Gasteiger partial charge in [0.2, 0.25) is 0 Å². The number of benzene rings is 2. The second-order valence-corrected chi connectivity index (χ2v) is 8.56. The average molecular weight is 399 g/mol. The van der Waals surface area contributed by atoms with Gasteiger partial charge >= 0.3 is 0 Å². The van der Waals surface area contributed by atoms with E-state index in [1.165, 1.54) is 17.7 Å². The molecule has 1 aliphatic rings. The smallest absolute Gasteiger partial charge is 0.256 e. The number of amides is 1. The van der Waals surface area contributed by atoms with Gasteiger partial charge in [0.15, 0.2) is 5.60 Å². The molecule has 4 nitrogen and oxygen atoms in total. The summed E-state index contributed by atoms with van der Waals surface area (Å²) in [5.41, 5.74) is 1.91. The third-order valence-corrected chi connectivity index (χ3v) is 5.62. The lowest BCUT2D eigenvalue weighted by Crippen LogP contribution is -2.57. The zero-order valence-electron chi connectivity index (χ0n) is 17.6. The highest BCUT2D eigenvalue weighted by Gasteiger charge is 2.42. The Morgan fingerprint density at radius 2 is 1.72 bits per heavy atom. The molecule has 1 aliphatic heterocycles. The molecule has 0 aromatic heterocycles. The molecule has 0 spiro atoms. The van der Waals surface area contributed by atoms with Crippen LogP contribution in [0, 0.1) is 5.82 Å². The van der Waals surface area contributed by atoms with E-state index in [4.69, 9.17) is 0 Å². The molecule has 1 fully saturated rings. The van der Waals surface area contributed by atoms with Gasteiger partial charge in [0.25, 0.3) is 5.91 Å². The van der Waals surface area contributed by atoms with E-state index in [2.05, 4.69) is 38.1 Å². The second-order valence-electron chi connectivity index (χ2n) is 8.56. The van der Waals surface area contributed by atoms with E-state index < -0.39 is 5.60 Å². The van der Waals surface area contributed by atoms with Crippen LogP contribution < -0.4 is 0 Å². The van der Waals surface area contributed by atoms with E-state index in [0.717, 1.165) is 17.5 Å². The number of carbonyl (C=O) groups is 1. The fourth-order valence-corrected chi connectivity index (χ4v) is 3.99. The number of aliphatic hydroxyl groups is 1. The number of carbonyl (C=O) groups excluding carboxylic acids is 1. The predicted octanol–water partition coefficient (Wildman–Crippen LogP) is 3.93. The zero-order valence-corrected chi connectivity index (χ0v) is 17.6. The third kappa shape index (κ3) is 5.43. The highest BCUT2D eigenvalue weighted by atomic mass is 19.1. The molecule has 0 aliphatic carbocycles. The summed E-state index contributed by atoms with van der Waals surface area (Å²) in [6.45, 7) is 6.30. The van der Waals surface area contributed by atoms with Gasteiger partial charge in [-0.1, -0.05) is 50.2 Å². The number of hydrogen-bond donors (Lipinski definition) is 1. The summed E-state index contributed by atoms with van der Waals surface area (Å²) >= 11 is 0. The molecule has 1 atom stereocenters. The molecule has 1 N–H and O–H groups in total. The van der Waals surface area contributed by atoms with Crippen LogP contribution in [-0.2, 0) is 17.9 Å². The van der Waals surface area contributed by atoms with Gasteiger partial charge < -0.3 is 10.0 Å². The molecule has 0 unspecified atom stereocenters. The number of hydrogen-bond acceptors (Lipinski definition) is 3. The SMILES string of the molecule is CC(C)c1ccc(CN2CCC[C@](O)(CN(C)Cc3ccc(F)cc3)C2=O)cc1. The zero-order chi connectivity index (χ0) is 21.0. The van der Waals surface area contributed by atoms with E-state index in [0.29, 0.717) is 32.0 Å². The number of halogens is 1. The van der Waals surface area contributed by atoms with Gasteiger partial charge in [-0.15, -0.1) is 0 Å². The maximum absolute atomic E-state index is 13.1. The number of rotatable bonds is 7. The van der Waals surface area contributed by atoms with Gasteiger partial charge in [0.05, 0.1) is 0 Å². The van der Waals surface area contributed by atoms with Crippen molar-refractivity contribution in [3.63, 3.8) is 0 Å². The Morgan fingerprint density at radius 1 is 1.10 bits per heavy atom. The van der Waals surface area contributed by atoms with Crippen LogP contribution in [0.2, 0.25) is 0 Å².